The number of hydrogen-bond acceptors (Lipinski definition) is 4. The van der Waals surface area contributed by atoms with Crippen molar-refractivity contribution in [1.82, 2.24) is 19.7 Å². The fourth-order valence-electron chi connectivity index (χ4n) is 3.11. The first-order chi connectivity index (χ1) is 9.77. The van der Waals surface area contributed by atoms with Gasteiger partial charge in [-0.15, -0.1) is 0 Å². The summed E-state index contributed by atoms with van der Waals surface area (Å²) in [5.41, 5.74) is 4.23. The molecular formula is C16H20N4O. The Balaban J connectivity index is 2.22. The quantitative estimate of drug-likeness (QED) is 0.808. The molecule has 110 valence electrons. The van der Waals surface area contributed by atoms with Crippen molar-refractivity contribution in [2.75, 3.05) is 0 Å². The largest absolute Gasteiger partial charge is 0.294 e. The molecule has 0 unspecified atom stereocenters. The molecule has 1 aliphatic carbocycles. The van der Waals surface area contributed by atoms with Crippen LogP contribution in [0.15, 0.2) is 6.07 Å². The van der Waals surface area contributed by atoms with E-state index in [1.54, 1.807) is 4.68 Å². The Kier molecular flexibility index (Phi) is 2.97. The van der Waals surface area contributed by atoms with Gasteiger partial charge in [-0.25, -0.2) is 14.6 Å². The van der Waals surface area contributed by atoms with Crippen LogP contribution in [0.25, 0.3) is 5.95 Å². The molecule has 5 nitrogen and oxygen atoms in total. The van der Waals surface area contributed by atoms with Crippen LogP contribution in [0.3, 0.4) is 0 Å². The van der Waals surface area contributed by atoms with Crippen molar-refractivity contribution >= 4 is 5.78 Å². The number of carbonyl (C=O) groups excluding carboxylic acids is 1. The Labute approximate surface area is 124 Å². The number of aromatic nitrogens is 4. The second-order valence-electron chi connectivity index (χ2n) is 6.71. The van der Waals surface area contributed by atoms with E-state index in [0.717, 1.165) is 34.8 Å². The van der Waals surface area contributed by atoms with E-state index in [0.29, 0.717) is 12.4 Å². The number of carbonyl (C=O) groups is 1. The fourth-order valence-corrected chi connectivity index (χ4v) is 3.11. The van der Waals surface area contributed by atoms with E-state index in [-0.39, 0.29) is 11.2 Å². The Morgan fingerprint density at radius 1 is 1.10 bits per heavy atom. The number of nitrogens with zero attached hydrogens (tertiary/aromatic N) is 4. The smallest absolute Gasteiger partial charge is 0.251 e. The van der Waals surface area contributed by atoms with Gasteiger partial charge in [0, 0.05) is 17.8 Å². The van der Waals surface area contributed by atoms with E-state index in [4.69, 9.17) is 0 Å². The van der Waals surface area contributed by atoms with Gasteiger partial charge in [-0.05, 0) is 38.7 Å². The fraction of sp³-hybridized carbons (Fsp3) is 0.500. The summed E-state index contributed by atoms with van der Waals surface area (Å²) in [7, 11) is 0. The molecule has 0 aliphatic heterocycles. The van der Waals surface area contributed by atoms with Gasteiger partial charge in [0.05, 0.1) is 17.0 Å². The maximum Gasteiger partial charge on any atom is 0.251 e. The van der Waals surface area contributed by atoms with Crippen molar-refractivity contribution in [1.29, 1.82) is 0 Å². The predicted octanol–water partition coefficient (Wildman–Crippen LogP) is 2.74. The van der Waals surface area contributed by atoms with Gasteiger partial charge in [0.1, 0.15) is 0 Å². The Hall–Kier alpha value is -2.04. The van der Waals surface area contributed by atoms with Crippen LogP contribution in [0.4, 0.5) is 0 Å². The van der Waals surface area contributed by atoms with Crippen LogP contribution in [0.1, 0.15) is 53.4 Å². The summed E-state index contributed by atoms with van der Waals surface area (Å²) in [6.45, 7) is 9.99. The van der Waals surface area contributed by atoms with Crippen LogP contribution >= 0.6 is 0 Å². The van der Waals surface area contributed by atoms with Crippen LogP contribution in [0.5, 0.6) is 0 Å². The first-order valence-electron chi connectivity index (χ1n) is 7.21. The molecule has 0 radical (unpaired) electrons. The van der Waals surface area contributed by atoms with Crippen LogP contribution in [-0.4, -0.2) is 25.5 Å². The molecule has 0 N–H and O–H groups in total. The molecule has 0 spiro atoms. The van der Waals surface area contributed by atoms with Crippen molar-refractivity contribution in [3.63, 3.8) is 0 Å². The molecule has 2 aromatic rings. The molecule has 0 saturated carbocycles. The summed E-state index contributed by atoms with van der Waals surface area (Å²) in [6.07, 6.45) is 1.38. The molecule has 2 heterocycles. The summed E-state index contributed by atoms with van der Waals surface area (Å²) in [5.74, 6) is 0.733. The van der Waals surface area contributed by atoms with Gasteiger partial charge in [0.15, 0.2) is 5.78 Å². The van der Waals surface area contributed by atoms with Crippen molar-refractivity contribution in [3.05, 3.63) is 34.4 Å². The minimum absolute atomic E-state index is 0.0484. The highest BCUT2D eigenvalue weighted by atomic mass is 16.1. The second-order valence-corrected chi connectivity index (χ2v) is 6.71. The van der Waals surface area contributed by atoms with Gasteiger partial charge in [0.2, 0.25) is 0 Å². The van der Waals surface area contributed by atoms with Gasteiger partial charge in [-0.3, -0.25) is 4.79 Å². The number of rotatable bonds is 1. The molecular weight excluding hydrogens is 264 g/mol. The minimum Gasteiger partial charge on any atom is -0.294 e. The third-order valence-electron chi connectivity index (χ3n) is 3.88. The monoisotopic (exact) mass is 284 g/mol. The predicted molar refractivity (Wildman–Crippen MR) is 79.8 cm³/mol. The topological polar surface area (TPSA) is 60.7 Å². The zero-order chi connectivity index (χ0) is 15.4. The van der Waals surface area contributed by atoms with Crippen LogP contribution in [0.2, 0.25) is 0 Å². The minimum atomic E-state index is -0.0484. The normalized spacial score (nSPS) is 16.9. The molecule has 1 aliphatic rings. The SMILES string of the molecule is Cc1cc(C)nc(-n2nc(C)c3c2CC(C)(C)CC3=O)n1. The molecule has 0 saturated heterocycles. The standard InChI is InChI=1S/C16H20N4O/c1-9-6-10(2)18-15(17-9)20-12-7-16(4,5)8-13(21)14(12)11(3)19-20/h6H,7-8H2,1-5H3. The molecule has 0 amide bonds. The first-order valence-corrected chi connectivity index (χ1v) is 7.21. The van der Waals surface area contributed by atoms with E-state index < -0.39 is 0 Å². The van der Waals surface area contributed by atoms with Crippen LogP contribution in [-0.2, 0) is 6.42 Å². The lowest BCUT2D eigenvalue weighted by atomic mass is 9.75. The van der Waals surface area contributed by atoms with E-state index in [2.05, 4.69) is 28.9 Å². The zero-order valence-electron chi connectivity index (χ0n) is 13.2. The first kappa shape index (κ1) is 13.9. The van der Waals surface area contributed by atoms with Crippen LogP contribution < -0.4 is 0 Å². The third kappa shape index (κ3) is 2.37. The molecule has 3 rings (SSSR count). The highest BCUT2D eigenvalue weighted by Gasteiger charge is 2.36. The van der Waals surface area contributed by atoms with Crippen molar-refractivity contribution in [2.45, 2.75) is 47.5 Å². The summed E-state index contributed by atoms with van der Waals surface area (Å²) >= 11 is 0. The molecule has 0 aromatic carbocycles. The Morgan fingerprint density at radius 2 is 1.71 bits per heavy atom. The second kappa shape index (κ2) is 4.48. The summed E-state index contributed by atoms with van der Waals surface area (Å²) < 4.78 is 1.75. The lowest BCUT2D eigenvalue weighted by Crippen LogP contribution is -2.28. The molecule has 5 heteroatoms. The van der Waals surface area contributed by atoms with Gasteiger partial charge >= 0.3 is 0 Å². The molecule has 0 bridgehead atoms. The van der Waals surface area contributed by atoms with Gasteiger partial charge < -0.3 is 0 Å². The van der Waals surface area contributed by atoms with Gasteiger partial charge in [-0.1, -0.05) is 13.8 Å². The third-order valence-corrected chi connectivity index (χ3v) is 3.88. The van der Waals surface area contributed by atoms with Crippen molar-refractivity contribution in [3.8, 4) is 5.95 Å². The number of aryl methyl sites for hydroxylation is 3. The highest BCUT2D eigenvalue weighted by molar-refractivity contribution is 5.99. The van der Waals surface area contributed by atoms with Gasteiger partial charge in [0.25, 0.3) is 5.95 Å². The van der Waals surface area contributed by atoms with Crippen LogP contribution in [0, 0.1) is 26.2 Å². The molecule has 21 heavy (non-hydrogen) atoms. The molecule has 2 aromatic heterocycles. The average Bonchev–Trinajstić information content (AvgIpc) is 2.63. The van der Waals surface area contributed by atoms with Gasteiger partial charge in [-0.2, -0.15) is 5.10 Å². The Bertz CT molecular complexity index is 723. The summed E-state index contributed by atoms with van der Waals surface area (Å²) in [5, 5.41) is 4.53. The maximum absolute atomic E-state index is 12.4. The summed E-state index contributed by atoms with van der Waals surface area (Å²) in [6, 6.07) is 1.93. The zero-order valence-corrected chi connectivity index (χ0v) is 13.2. The van der Waals surface area contributed by atoms with E-state index in [1.165, 1.54) is 0 Å². The Morgan fingerprint density at radius 3 is 2.33 bits per heavy atom. The van der Waals surface area contributed by atoms with E-state index >= 15 is 0 Å². The maximum atomic E-state index is 12.4. The number of hydrogen-bond donors (Lipinski definition) is 0. The molecule has 0 fully saturated rings. The van der Waals surface area contributed by atoms with Crippen molar-refractivity contribution < 1.29 is 4.79 Å². The lowest BCUT2D eigenvalue weighted by molar-refractivity contribution is 0.0910. The number of Topliss-reactive ketones (excluding diaryl/α,β-unsaturated/α-hetero) is 1. The number of ketones is 1. The highest BCUT2D eigenvalue weighted by Crippen LogP contribution is 2.36. The summed E-state index contributed by atoms with van der Waals surface area (Å²) in [4.78, 5) is 21.4. The number of fused-ring (bicyclic) bond motifs is 1. The average molecular weight is 284 g/mol. The lowest BCUT2D eigenvalue weighted by Gasteiger charge is -2.28. The van der Waals surface area contributed by atoms with E-state index in [1.807, 2.05) is 26.8 Å². The van der Waals surface area contributed by atoms with Crippen molar-refractivity contribution in [2.24, 2.45) is 5.41 Å². The molecule has 0 atom stereocenters. The van der Waals surface area contributed by atoms with E-state index in [9.17, 15) is 4.79 Å².